The lowest BCUT2D eigenvalue weighted by molar-refractivity contribution is 0.309. The zero-order chi connectivity index (χ0) is 14.2. The van der Waals surface area contributed by atoms with Crippen LogP contribution in [0, 0.1) is 0 Å². The van der Waals surface area contributed by atoms with Crippen molar-refractivity contribution in [3.8, 4) is 5.75 Å². The summed E-state index contributed by atoms with van der Waals surface area (Å²) in [5.74, 6) is 0.951. The van der Waals surface area contributed by atoms with Gasteiger partial charge >= 0.3 is 0 Å². The van der Waals surface area contributed by atoms with Crippen molar-refractivity contribution in [1.82, 2.24) is 5.32 Å². The number of rotatable bonds is 8. The van der Waals surface area contributed by atoms with Crippen LogP contribution in [0.15, 0.2) is 36.4 Å². The Bertz CT molecular complexity index is 521. The summed E-state index contributed by atoms with van der Waals surface area (Å²) >= 11 is 1.84. The summed E-state index contributed by atoms with van der Waals surface area (Å²) in [7, 11) is 0. The van der Waals surface area contributed by atoms with Gasteiger partial charge in [-0.1, -0.05) is 26.0 Å². The van der Waals surface area contributed by atoms with Crippen molar-refractivity contribution in [3.05, 3.63) is 51.7 Å². The molecule has 2 nitrogen and oxygen atoms in total. The molecule has 0 aliphatic rings. The predicted octanol–water partition coefficient (Wildman–Crippen LogP) is 4.39. The minimum absolute atomic E-state index is 0.663. The van der Waals surface area contributed by atoms with Gasteiger partial charge in [0.05, 0.1) is 0 Å². The first-order chi connectivity index (χ1) is 9.81. The second-order valence-electron chi connectivity index (χ2n) is 4.83. The standard InChI is InChI=1S/C17H23NOS/c1-3-10-18-12-14-6-5-7-15(11-14)19-13-17-9-8-16(4-2)20-17/h5-9,11,18H,3-4,10,12-13H2,1-2H3. The van der Waals surface area contributed by atoms with E-state index in [4.69, 9.17) is 4.74 Å². The van der Waals surface area contributed by atoms with Crippen LogP contribution in [0.5, 0.6) is 5.75 Å². The average Bonchev–Trinajstić information content (AvgIpc) is 2.94. The van der Waals surface area contributed by atoms with Crippen LogP contribution in [0.3, 0.4) is 0 Å². The van der Waals surface area contributed by atoms with Crippen LogP contribution in [0.25, 0.3) is 0 Å². The van der Waals surface area contributed by atoms with Gasteiger partial charge in [-0.3, -0.25) is 0 Å². The Labute approximate surface area is 125 Å². The van der Waals surface area contributed by atoms with Gasteiger partial charge in [0.2, 0.25) is 0 Å². The molecular weight excluding hydrogens is 266 g/mol. The Morgan fingerprint density at radius 1 is 1.10 bits per heavy atom. The molecule has 0 spiro atoms. The van der Waals surface area contributed by atoms with E-state index >= 15 is 0 Å². The van der Waals surface area contributed by atoms with Crippen LogP contribution in [0.1, 0.15) is 35.6 Å². The van der Waals surface area contributed by atoms with Crippen LogP contribution >= 0.6 is 11.3 Å². The molecule has 0 aliphatic heterocycles. The van der Waals surface area contributed by atoms with Gasteiger partial charge in [0.1, 0.15) is 12.4 Å². The SMILES string of the molecule is CCCNCc1cccc(OCc2ccc(CC)s2)c1. The van der Waals surface area contributed by atoms with Gasteiger partial charge in [0.25, 0.3) is 0 Å². The molecule has 0 radical (unpaired) electrons. The van der Waals surface area contributed by atoms with E-state index < -0.39 is 0 Å². The zero-order valence-electron chi connectivity index (χ0n) is 12.3. The number of aryl methyl sites for hydroxylation is 1. The summed E-state index contributed by atoms with van der Waals surface area (Å²) in [6, 6.07) is 12.7. The molecule has 1 aromatic carbocycles. The van der Waals surface area contributed by atoms with E-state index in [9.17, 15) is 0 Å². The van der Waals surface area contributed by atoms with Crippen molar-refractivity contribution in [3.63, 3.8) is 0 Å². The second kappa shape index (κ2) is 8.08. The molecule has 0 aliphatic carbocycles. The van der Waals surface area contributed by atoms with Gasteiger partial charge < -0.3 is 10.1 Å². The number of thiophene rings is 1. The first kappa shape index (κ1) is 15.1. The minimum Gasteiger partial charge on any atom is -0.488 e. The molecule has 3 heteroatoms. The van der Waals surface area contributed by atoms with E-state index in [0.29, 0.717) is 6.61 Å². The van der Waals surface area contributed by atoms with Gasteiger partial charge in [-0.15, -0.1) is 11.3 Å². The highest BCUT2D eigenvalue weighted by atomic mass is 32.1. The minimum atomic E-state index is 0.663. The number of nitrogens with one attached hydrogen (secondary N) is 1. The van der Waals surface area contributed by atoms with Crippen molar-refractivity contribution < 1.29 is 4.74 Å². The van der Waals surface area contributed by atoms with Crippen molar-refractivity contribution in [2.75, 3.05) is 6.54 Å². The molecule has 2 rings (SSSR count). The summed E-state index contributed by atoms with van der Waals surface area (Å²) in [4.78, 5) is 2.71. The monoisotopic (exact) mass is 289 g/mol. The molecule has 1 N–H and O–H groups in total. The third-order valence-electron chi connectivity index (χ3n) is 3.10. The van der Waals surface area contributed by atoms with Crippen molar-refractivity contribution in [1.29, 1.82) is 0 Å². The molecule has 0 saturated carbocycles. The molecule has 2 aromatic rings. The van der Waals surface area contributed by atoms with E-state index in [1.165, 1.54) is 15.3 Å². The Hall–Kier alpha value is -1.32. The molecule has 0 unspecified atom stereocenters. The van der Waals surface area contributed by atoms with Gasteiger partial charge in [-0.25, -0.2) is 0 Å². The van der Waals surface area contributed by atoms with E-state index in [2.05, 4.69) is 49.5 Å². The molecule has 0 atom stereocenters. The third kappa shape index (κ3) is 4.66. The Balaban J connectivity index is 1.87. The lowest BCUT2D eigenvalue weighted by Gasteiger charge is -2.08. The highest BCUT2D eigenvalue weighted by Gasteiger charge is 2.01. The lowest BCUT2D eigenvalue weighted by Crippen LogP contribution is -2.13. The molecule has 0 bridgehead atoms. The second-order valence-corrected chi connectivity index (χ2v) is 6.09. The summed E-state index contributed by atoms with van der Waals surface area (Å²) in [5.41, 5.74) is 1.27. The quantitative estimate of drug-likeness (QED) is 0.728. The van der Waals surface area contributed by atoms with Gasteiger partial charge in [0.15, 0.2) is 0 Å². The fourth-order valence-electron chi connectivity index (χ4n) is 2.00. The highest BCUT2D eigenvalue weighted by Crippen LogP contribution is 2.20. The van der Waals surface area contributed by atoms with Crippen LogP contribution < -0.4 is 10.1 Å². The van der Waals surface area contributed by atoms with Gasteiger partial charge in [-0.2, -0.15) is 0 Å². The molecule has 0 fully saturated rings. The summed E-state index contributed by atoms with van der Waals surface area (Å²) in [6.07, 6.45) is 2.26. The maximum Gasteiger partial charge on any atom is 0.122 e. The molecule has 1 heterocycles. The fourth-order valence-corrected chi connectivity index (χ4v) is 2.87. The molecule has 1 aromatic heterocycles. The van der Waals surface area contributed by atoms with Crippen molar-refractivity contribution in [2.45, 2.75) is 39.8 Å². The van der Waals surface area contributed by atoms with Crippen molar-refractivity contribution >= 4 is 11.3 Å². The first-order valence-electron chi connectivity index (χ1n) is 7.32. The third-order valence-corrected chi connectivity index (χ3v) is 4.30. The normalized spacial score (nSPS) is 10.7. The maximum atomic E-state index is 5.88. The van der Waals surface area contributed by atoms with Crippen LogP contribution in [0.2, 0.25) is 0 Å². The fraction of sp³-hybridized carbons (Fsp3) is 0.412. The largest absolute Gasteiger partial charge is 0.488 e. The molecule has 0 amide bonds. The maximum absolute atomic E-state index is 5.88. The molecular formula is C17H23NOS. The molecule has 108 valence electrons. The van der Waals surface area contributed by atoms with E-state index in [0.717, 1.165) is 31.7 Å². The van der Waals surface area contributed by atoms with E-state index in [1.54, 1.807) is 0 Å². The van der Waals surface area contributed by atoms with Crippen LogP contribution in [-0.4, -0.2) is 6.54 Å². The number of ether oxygens (including phenoxy) is 1. The summed E-state index contributed by atoms with van der Waals surface area (Å²) < 4.78 is 5.88. The number of hydrogen-bond donors (Lipinski definition) is 1. The van der Waals surface area contributed by atoms with Crippen LogP contribution in [0.4, 0.5) is 0 Å². The topological polar surface area (TPSA) is 21.3 Å². The summed E-state index contributed by atoms with van der Waals surface area (Å²) in [5, 5.41) is 3.41. The first-order valence-corrected chi connectivity index (χ1v) is 8.13. The average molecular weight is 289 g/mol. The molecule has 20 heavy (non-hydrogen) atoms. The lowest BCUT2D eigenvalue weighted by atomic mass is 10.2. The van der Waals surface area contributed by atoms with Crippen LogP contribution in [-0.2, 0) is 19.6 Å². The van der Waals surface area contributed by atoms with Crippen molar-refractivity contribution in [2.24, 2.45) is 0 Å². The number of hydrogen-bond acceptors (Lipinski definition) is 3. The highest BCUT2D eigenvalue weighted by molar-refractivity contribution is 7.11. The van der Waals surface area contributed by atoms with E-state index in [-0.39, 0.29) is 0 Å². The number of benzene rings is 1. The smallest absolute Gasteiger partial charge is 0.122 e. The predicted molar refractivity (Wildman–Crippen MR) is 86.5 cm³/mol. The Morgan fingerprint density at radius 2 is 1.95 bits per heavy atom. The van der Waals surface area contributed by atoms with E-state index in [1.807, 2.05) is 17.4 Å². The Kier molecular flexibility index (Phi) is 6.09. The molecule has 0 saturated heterocycles. The van der Waals surface area contributed by atoms with Gasteiger partial charge in [-0.05, 0) is 49.2 Å². The summed E-state index contributed by atoms with van der Waals surface area (Å²) in [6.45, 7) is 6.99. The Morgan fingerprint density at radius 3 is 2.70 bits per heavy atom. The van der Waals surface area contributed by atoms with Gasteiger partial charge in [0, 0.05) is 16.3 Å². The zero-order valence-corrected chi connectivity index (χ0v) is 13.1.